The molecule has 0 spiro atoms. The van der Waals surface area contributed by atoms with Crippen LogP contribution in [0.2, 0.25) is 0 Å². The van der Waals surface area contributed by atoms with Crippen LogP contribution >= 0.6 is 0 Å². The third-order valence-electron chi connectivity index (χ3n) is 3.27. The van der Waals surface area contributed by atoms with Gasteiger partial charge in [0.05, 0.1) is 12.8 Å². The number of hydrogen-bond acceptors (Lipinski definition) is 3. The van der Waals surface area contributed by atoms with Gasteiger partial charge in [0.15, 0.2) is 0 Å². The first-order valence-corrected chi connectivity index (χ1v) is 5.89. The molecule has 0 fully saturated rings. The molecule has 88 valence electrons. The fourth-order valence-electron chi connectivity index (χ4n) is 2.48. The molecule has 1 aromatic carbocycles. The van der Waals surface area contributed by atoms with E-state index >= 15 is 0 Å². The maximum absolute atomic E-state index is 5.66. The van der Waals surface area contributed by atoms with E-state index in [9.17, 15) is 0 Å². The molecule has 1 aliphatic heterocycles. The van der Waals surface area contributed by atoms with Crippen LogP contribution in [-0.2, 0) is 6.42 Å². The lowest BCUT2D eigenvalue weighted by Crippen LogP contribution is -2.34. The van der Waals surface area contributed by atoms with E-state index in [0.29, 0.717) is 6.54 Å². The number of fused-ring (bicyclic) bond motifs is 1. The van der Waals surface area contributed by atoms with Gasteiger partial charge in [0.25, 0.3) is 0 Å². The predicted octanol–water partition coefficient (Wildman–Crippen LogP) is 1.71. The van der Waals surface area contributed by atoms with Gasteiger partial charge in [-0.3, -0.25) is 0 Å². The fourth-order valence-corrected chi connectivity index (χ4v) is 2.48. The van der Waals surface area contributed by atoms with Gasteiger partial charge in [-0.25, -0.2) is 0 Å². The SMILES string of the molecule is COc1ccc(C)c2c1N(CCN)CCC2. The van der Waals surface area contributed by atoms with Crippen molar-refractivity contribution in [1.82, 2.24) is 0 Å². The molecule has 0 bridgehead atoms. The Morgan fingerprint density at radius 1 is 1.44 bits per heavy atom. The third-order valence-corrected chi connectivity index (χ3v) is 3.27. The first-order chi connectivity index (χ1) is 7.77. The summed E-state index contributed by atoms with van der Waals surface area (Å²) in [6.45, 7) is 4.86. The summed E-state index contributed by atoms with van der Waals surface area (Å²) in [5.74, 6) is 0.980. The van der Waals surface area contributed by atoms with Crippen LogP contribution in [-0.4, -0.2) is 26.7 Å². The molecule has 0 saturated heterocycles. The van der Waals surface area contributed by atoms with Crippen LogP contribution in [0.25, 0.3) is 0 Å². The molecule has 0 saturated carbocycles. The Bertz CT molecular complexity index is 376. The highest BCUT2D eigenvalue weighted by Gasteiger charge is 2.21. The monoisotopic (exact) mass is 220 g/mol. The Balaban J connectivity index is 2.47. The van der Waals surface area contributed by atoms with Gasteiger partial charge in [0.2, 0.25) is 0 Å². The minimum atomic E-state index is 0.691. The highest BCUT2D eigenvalue weighted by molar-refractivity contribution is 5.67. The number of ether oxygens (including phenoxy) is 1. The minimum Gasteiger partial charge on any atom is -0.495 e. The molecular weight excluding hydrogens is 200 g/mol. The maximum Gasteiger partial charge on any atom is 0.142 e. The van der Waals surface area contributed by atoms with Crippen LogP contribution in [0.4, 0.5) is 5.69 Å². The number of aryl methyl sites for hydroxylation is 1. The lowest BCUT2D eigenvalue weighted by Gasteiger charge is -2.33. The van der Waals surface area contributed by atoms with Crippen molar-refractivity contribution in [3.05, 3.63) is 23.3 Å². The predicted molar refractivity (Wildman–Crippen MR) is 67.3 cm³/mol. The Hall–Kier alpha value is -1.22. The Morgan fingerprint density at radius 3 is 2.94 bits per heavy atom. The van der Waals surface area contributed by atoms with Crippen molar-refractivity contribution in [3.8, 4) is 5.75 Å². The molecule has 0 atom stereocenters. The van der Waals surface area contributed by atoms with Crippen LogP contribution in [0.15, 0.2) is 12.1 Å². The van der Waals surface area contributed by atoms with Crippen molar-refractivity contribution in [3.63, 3.8) is 0 Å². The summed E-state index contributed by atoms with van der Waals surface area (Å²) >= 11 is 0. The van der Waals surface area contributed by atoms with E-state index in [0.717, 1.165) is 25.3 Å². The zero-order valence-electron chi connectivity index (χ0n) is 10.1. The summed E-state index contributed by atoms with van der Waals surface area (Å²) in [6, 6.07) is 4.20. The van der Waals surface area contributed by atoms with Crippen molar-refractivity contribution >= 4 is 5.69 Å². The van der Waals surface area contributed by atoms with Crippen LogP contribution in [0, 0.1) is 6.92 Å². The molecule has 0 unspecified atom stereocenters. The molecule has 3 nitrogen and oxygen atoms in total. The topological polar surface area (TPSA) is 38.5 Å². The standard InChI is InChI=1S/C13H20N2O/c1-10-5-6-12(16-2)13-11(10)4-3-8-15(13)9-7-14/h5-6H,3-4,7-9,14H2,1-2H3. The summed E-state index contributed by atoms with van der Waals surface area (Å²) in [4.78, 5) is 2.35. The molecule has 0 aliphatic carbocycles. The van der Waals surface area contributed by atoms with Crippen LogP contribution in [0.1, 0.15) is 17.5 Å². The van der Waals surface area contributed by atoms with E-state index in [1.165, 1.54) is 23.2 Å². The summed E-state index contributed by atoms with van der Waals surface area (Å²) in [5.41, 5.74) is 9.72. The summed E-state index contributed by atoms with van der Waals surface area (Å²) in [7, 11) is 1.74. The molecule has 2 rings (SSSR count). The van der Waals surface area contributed by atoms with Gasteiger partial charge in [-0.2, -0.15) is 0 Å². The molecular formula is C13H20N2O. The molecule has 16 heavy (non-hydrogen) atoms. The van der Waals surface area contributed by atoms with E-state index < -0.39 is 0 Å². The number of anilines is 1. The second-order valence-corrected chi connectivity index (χ2v) is 4.29. The molecule has 0 aromatic heterocycles. The summed E-state index contributed by atoms with van der Waals surface area (Å²) in [5, 5.41) is 0. The first kappa shape index (κ1) is 11.3. The molecule has 0 amide bonds. The molecule has 2 N–H and O–H groups in total. The lowest BCUT2D eigenvalue weighted by atomic mass is 9.96. The number of nitrogens with zero attached hydrogens (tertiary/aromatic N) is 1. The second-order valence-electron chi connectivity index (χ2n) is 4.29. The highest BCUT2D eigenvalue weighted by Crippen LogP contribution is 2.37. The van der Waals surface area contributed by atoms with Crippen molar-refractivity contribution < 1.29 is 4.74 Å². The zero-order valence-corrected chi connectivity index (χ0v) is 10.1. The van der Waals surface area contributed by atoms with E-state index in [-0.39, 0.29) is 0 Å². The summed E-state index contributed by atoms with van der Waals surface area (Å²) in [6.07, 6.45) is 2.36. The van der Waals surface area contributed by atoms with Gasteiger partial charge in [0, 0.05) is 19.6 Å². The average molecular weight is 220 g/mol. The second kappa shape index (κ2) is 4.74. The van der Waals surface area contributed by atoms with Gasteiger partial charge in [-0.05, 0) is 37.0 Å². The van der Waals surface area contributed by atoms with E-state index in [1.54, 1.807) is 7.11 Å². The lowest BCUT2D eigenvalue weighted by molar-refractivity contribution is 0.412. The molecule has 1 heterocycles. The van der Waals surface area contributed by atoms with Gasteiger partial charge >= 0.3 is 0 Å². The molecule has 0 radical (unpaired) electrons. The maximum atomic E-state index is 5.66. The average Bonchev–Trinajstić information content (AvgIpc) is 2.31. The zero-order chi connectivity index (χ0) is 11.5. The Labute approximate surface area is 97.2 Å². The van der Waals surface area contributed by atoms with Gasteiger partial charge in [-0.1, -0.05) is 6.07 Å². The molecule has 3 heteroatoms. The summed E-state index contributed by atoms with van der Waals surface area (Å²) < 4.78 is 5.46. The third kappa shape index (κ3) is 1.87. The minimum absolute atomic E-state index is 0.691. The number of benzene rings is 1. The smallest absolute Gasteiger partial charge is 0.142 e. The van der Waals surface area contributed by atoms with Crippen molar-refractivity contribution in [2.45, 2.75) is 19.8 Å². The van der Waals surface area contributed by atoms with Crippen molar-refractivity contribution in [2.24, 2.45) is 5.73 Å². The Kier molecular flexibility index (Phi) is 3.34. The van der Waals surface area contributed by atoms with Gasteiger partial charge < -0.3 is 15.4 Å². The largest absolute Gasteiger partial charge is 0.495 e. The molecule has 1 aromatic rings. The van der Waals surface area contributed by atoms with Gasteiger partial charge in [-0.15, -0.1) is 0 Å². The van der Waals surface area contributed by atoms with E-state index in [2.05, 4.69) is 24.0 Å². The first-order valence-electron chi connectivity index (χ1n) is 5.89. The van der Waals surface area contributed by atoms with Crippen LogP contribution < -0.4 is 15.4 Å². The van der Waals surface area contributed by atoms with Gasteiger partial charge in [0.1, 0.15) is 5.75 Å². The van der Waals surface area contributed by atoms with E-state index in [4.69, 9.17) is 10.5 Å². The number of hydrogen-bond donors (Lipinski definition) is 1. The Morgan fingerprint density at radius 2 is 2.25 bits per heavy atom. The highest BCUT2D eigenvalue weighted by atomic mass is 16.5. The van der Waals surface area contributed by atoms with Crippen molar-refractivity contribution in [2.75, 3.05) is 31.6 Å². The normalized spacial score (nSPS) is 14.8. The fraction of sp³-hybridized carbons (Fsp3) is 0.538. The number of rotatable bonds is 3. The quantitative estimate of drug-likeness (QED) is 0.843. The number of nitrogens with two attached hydrogens (primary N) is 1. The molecule has 1 aliphatic rings. The van der Waals surface area contributed by atoms with Crippen molar-refractivity contribution in [1.29, 1.82) is 0 Å². The van der Waals surface area contributed by atoms with Crippen LogP contribution in [0.5, 0.6) is 5.75 Å². The van der Waals surface area contributed by atoms with E-state index in [1.807, 2.05) is 0 Å². The van der Waals surface area contributed by atoms with Crippen LogP contribution in [0.3, 0.4) is 0 Å². The number of methoxy groups -OCH3 is 1.